The predicted molar refractivity (Wildman–Crippen MR) is 56.5 cm³/mol. The van der Waals surface area contributed by atoms with E-state index in [0.717, 1.165) is 25.1 Å². The zero-order valence-electron chi connectivity index (χ0n) is 9.02. The second-order valence-corrected chi connectivity index (χ2v) is 4.09. The van der Waals surface area contributed by atoms with Gasteiger partial charge < -0.3 is 5.32 Å². The fourth-order valence-corrected chi connectivity index (χ4v) is 1.93. The minimum atomic E-state index is -0.641. The Morgan fingerprint density at radius 3 is 2.75 bits per heavy atom. The average Bonchev–Trinajstić information content (AvgIpc) is 2.75. The smallest absolute Gasteiger partial charge is 0.182 e. The van der Waals surface area contributed by atoms with Crippen LogP contribution in [0.3, 0.4) is 0 Å². The van der Waals surface area contributed by atoms with Gasteiger partial charge in [0.05, 0.1) is 11.6 Å². The molecule has 0 saturated carbocycles. The van der Waals surface area contributed by atoms with Gasteiger partial charge in [0.25, 0.3) is 0 Å². The summed E-state index contributed by atoms with van der Waals surface area (Å²) in [5.41, 5.74) is 0.0657. The van der Waals surface area contributed by atoms with Gasteiger partial charge in [0.1, 0.15) is 11.6 Å². The van der Waals surface area contributed by atoms with Gasteiger partial charge in [0.2, 0.25) is 0 Å². The Balaban J connectivity index is 2.32. The van der Waals surface area contributed by atoms with Gasteiger partial charge in [-0.2, -0.15) is 0 Å². The summed E-state index contributed by atoms with van der Waals surface area (Å²) >= 11 is 0. The monoisotopic (exact) mass is 225 g/mol. The van der Waals surface area contributed by atoms with E-state index in [0.29, 0.717) is 6.42 Å². The minimum absolute atomic E-state index is 0.150. The van der Waals surface area contributed by atoms with Crippen molar-refractivity contribution < 1.29 is 13.6 Å². The van der Waals surface area contributed by atoms with Crippen molar-refractivity contribution in [3.8, 4) is 0 Å². The largest absolute Gasteiger partial charge is 0.307 e. The summed E-state index contributed by atoms with van der Waals surface area (Å²) < 4.78 is 26.8. The summed E-state index contributed by atoms with van der Waals surface area (Å²) in [6.07, 6.45) is 1.58. The van der Waals surface area contributed by atoms with Gasteiger partial charge in [-0.3, -0.25) is 4.79 Å². The number of aryl methyl sites for hydroxylation is 1. The lowest BCUT2D eigenvalue weighted by Crippen LogP contribution is -2.31. The first-order valence-electron chi connectivity index (χ1n) is 5.33. The van der Waals surface area contributed by atoms with E-state index < -0.39 is 11.6 Å². The van der Waals surface area contributed by atoms with Gasteiger partial charge in [0, 0.05) is 0 Å². The molecule has 1 aliphatic heterocycles. The zero-order valence-corrected chi connectivity index (χ0v) is 9.02. The molecule has 16 heavy (non-hydrogen) atoms. The number of carbonyl (C=O) groups excluding carboxylic acids is 1. The molecule has 2 nitrogen and oxygen atoms in total. The molecule has 4 heteroatoms. The maximum atomic E-state index is 13.5. The summed E-state index contributed by atoms with van der Waals surface area (Å²) in [5, 5.41) is 2.98. The first-order valence-corrected chi connectivity index (χ1v) is 5.33. The van der Waals surface area contributed by atoms with Crippen molar-refractivity contribution in [2.24, 2.45) is 0 Å². The molecule has 0 bridgehead atoms. The Morgan fingerprint density at radius 1 is 1.38 bits per heavy atom. The standard InChI is InChI=1S/C12H13F2NO/c1-7-5-10(14)8(6-9(7)13)12(16)11-3-2-4-15-11/h5-6,11,15H,2-4H2,1H3. The summed E-state index contributed by atoms with van der Waals surface area (Å²) in [7, 11) is 0. The Labute approximate surface area is 92.7 Å². The highest BCUT2D eigenvalue weighted by molar-refractivity contribution is 6.00. The molecule has 1 saturated heterocycles. The molecule has 2 rings (SSSR count). The van der Waals surface area contributed by atoms with Crippen molar-refractivity contribution in [3.05, 3.63) is 34.9 Å². The molecule has 1 aromatic carbocycles. The Bertz CT molecular complexity index is 425. The van der Waals surface area contributed by atoms with Crippen molar-refractivity contribution in [3.63, 3.8) is 0 Å². The third-order valence-electron chi connectivity index (χ3n) is 2.89. The molecular weight excluding hydrogens is 212 g/mol. The second-order valence-electron chi connectivity index (χ2n) is 4.09. The minimum Gasteiger partial charge on any atom is -0.307 e. The van der Waals surface area contributed by atoms with Crippen molar-refractivity contribution in [1.82, 2.24) is 5.32 Å². The number of nitrogens with one attached hydrogen (secondary N) is 1. The molecule has 0 spiro atoms. The average molecular weight is 225 g/mol. The molecule has 0 radical (unpaired) electrons. The van der Waals surface area contributed by atoms with Crippen LogP contribution in [-0.2, 0) is 0 Å². The third kappa shape index (κ3) is 1.97. The molecule has 1 aromatic rings. The highest BCUT2D eigenvalue weighted by Crippen LogP contribution is 2.18. The van der Waals surface area contributed by atoms with Gasteiger partial charge >= 0.3 is 0 Å². The summed E-state index contributed by atoms with van der Waals surface area (Å²) in [4.78, 5) is 11.9. The van der Waals surface area contributed by atoms with Crippen LogP contribution in [0.5, 0.6) is 0 Å². The fraction of sp³-hybridized carbons (Fsp3) is 0.417. The number of ketones is 1. The van der Waals surface area contributed by atoms with Crippen LogP contribution in [0, 0.1) is 18.6 Å². The van der Waals surface area contributed by atoms with Gasteiger partial charge in [0.15, 0.2) is 5.78 Å². The highest BCUT2D eigenvalue weighted by Gasteiger charge is 2.26. The van der Waals surface area contributed by atoms with E-state index in [1.54, 1.807) is 0 Å². The summed E-state index contributed by atoms with van der Waals surface area (Å²) in [5.74, 6) is -1.53. The Kier molecular flexibility index (Phi) is 3.01. The maximum Gasteiger partial charge on any atom is 0.182 e. The van der Waals surface area contributed by atoms with E-state index in [1.165, 1.54) is 6.92 Å². The highest BCUT2D eigenvalue weighted by atomic mass is 19.1. The Morgan fingerprint density at radius 2 is 2.12 bits per heavy atom. The SMILES string of the molecule is Cc1cc(F)c(C(=O)C2CCCN2)cc1F. The van der Waals surface area contributed by atoms with Crippen LogP contribution >= 0.6 is 0 Å². The second kappa shape index (κ2) is 4.29. The van der Waals surface area contributed by atoms with Crippen LogP contribution in [0.4, 0.5) is 8.78 Å². The van der Waals surface area contributed by atoms with Crippen LogP contribution in [-0.4, -0.2) is 18.4 Å². The fourth-order valence-electron chi connectivity index (χ4n) is 1.93. The molecule has 1 aliphatic rings. The van der Waals surface area contributed by atoms with Crippen molar-refractivity contribution in [2.75, 3.05) is 6.54 Å². The van der Waals surface area contributed by atoms with E-state index in [4.69, 9.17) is 0 Å². The van der Waals surface area contributed by atoms with E-state index >= 15 is 0 Å². The van der Waals surface area contributed by atoms with Gasteiger partial charge in [-0.1, -0.05) is 0 Å². The van der Waals surface area contributed by atoms with E-state index in [2.05, 4.69) is 5.32 Å². The van der Waals surface area contributed by atoms with Crippen LogP contribution in [0.2, 0.25) is 0 Å². The van der Waals surface area contributed by atoms with Crippen LogP contribution < -0.4 is 5.32 Å². The number of Topliss-reactive ketones (excluding diaryl/α,β-unsaturated/α-hetero) is 1. The maximum absolute atomic E-state index is 13.5. The lowest BCUT2D eigenvalue weighted by molar-refractivity contribution is 0.0948. The zero-order chi connectivity index (χ0) is 11.7. The molecule has 1 unspecified atom stereocenters. The molecule has 1 atom stereocenters. The number of hydrogen-bond acceptors (Lipinski definition) is 2. The van der Waals surface area contributed by atoms with Crippen LogP contribution in [0.25, 0.3) is 0 Å². The number of carbonyl (C=O) groups is 1. The van der Waals surface area contributed by atoms with Crippen LogP contribution in [0.15, 0.2) is 12.1 Å². The van der Waals surface area contributed by atoms with Crippen molar-refractivity contribution >= 4 is 5.78 Å². The first kappa shape index (κ1) is 11.2. The van der Waals surface area contributed by atoms with E-state index in [-0.39, 0.29) is 23.0 Å². The quantitative estimate of drug-likeness (QED) is 0.782. The predicted octanol–water partition coefficient (Wildman–Crippen LogP) is 2.21. The number of rotatable bonds is 2. The van der Waals surface area contributed by atoms with E-state index in [9.17, 15) is 13.6 Å². The lowest BCUT2D eigenvalue weighted by atomic mass is 10.0. The molecular formula is C12H13F2NO. The molecule has 1 fully saturated rings. The molecule has 1 N–H and O–H groups in total. The first-order chi connectivity index (χ1) is 7.59. The van der Waals surface area contributed by atoms with Crippen molar-refractivity contribution in [1.29, 1.82) is 0 Å². The van der Waals surface area contributed by atoms with Gasteiger partial charge in [-0.25, -0.2) is 8.78 Å². The molecule has 0 aliphatic carbocycles. The van der Waals surface area contributed by atoms with Crippen molar-refractivity contribution in [2.45, 2.75) is 25.8 Å². The van der Waals surface area contributed by atoms with Gasteiger partial charge in [-0.05, 0) is 44.0 Å². The van der Waals surface area contributed by atoms with Crippen LogP contribution in [0.1, 0.15) is 28.8 Å². The third-order valence-corrected chi connectivity index (χ3v) is 2.89. The summed E-state index contributed by atoms with van der Waals surface area (Å²) in [6, 6.07) is 1.70. The number of halogens is 2. The molecule has 0 amide bonds. The van der Waals surface area contributed by atoms with E-state index in [1.807, 2.05) is 0 Å². The normalized spacial score (nSPS) is 20.1. The number of hydrogen-bond donors (Lipinski definition) is 1. The molecule has 0 aromatic heterocycles. The lowest BCUT2D eigenvalue weighted by Gasteiger charge is -2.10. The summed E-state index contributed by atoms with van der Waals surface area (Å²) in [6.45, 7) is 2.23. The molecule has 1 heterocycles. The number of benzene rings is 1. The topological polar surface area (TPSA) is 29.1 Å². The van der Waals surface area contributed by atoms with Gasteiger partial charge in [-0.15, -0.1) is 0 Å². The molecule has 86 valence electrons. The Hall–Kier alpha value is -1.29.